The van der Waals surface area contributed by atoms with Crippen molar-refractivity contribution in [3.8, 4) is 0 Å². The summed E-state index contributed by atoms with van der Waals surface area (Å²) in [5.41, 5.74) is 0.618. The second-order valence-electron chi connectivity index (χ2n) is 10.4. The standard InChI is InChI=1S/C26H31ClFN3O5/c1-16-25(35)31-18(4-7-22(33)29-11-10-26(8-9-26)21(32)13-29)15-36-24(31)14-30(16)23(34)6-3-17-2-5-20(28)19(27)12-17/h2-3,5-6,12,16,18,21,24,32H,4,7-11,13-15H2,1H3/b6-3+/t16-,18-,21+,24+/m0/s1. The lowest BCUT2D eigenvalue weighted by Gasteiger charge is -2.42. The highest BCUT2D eigenvalue weighted by molar-refractivity contribution is 6.30. The maximum atomic E-state index is 13.4. The zero-order chi connectivity index (χ0) is 25.6. The van der Waals surface area contributed by atoms with Crippen molar-refractivity contribution in [2.75, 3.05) is 26.2 Å². The first kappa shape index (κ1) is 25.2. The van der Waals surface area contributed by atoms with Crippen LogP contribution < -0.4 is 0 Å². The molecule has 3 heterocycles. The second kappa shape index (κ2) is 9.76. The number of β-amino-alcohol motifs (C(OH)–C–C–N with tert-alkyl or cyclic N) is 1. The van der Waals surface area contributed by atoms with Crippen molar-refractivity contribution in [2.24, 2.45) is 5.41 Å². The van der Waals surface area contributed by atoms with Crippen molar-refractivity contribution < 1.29 is 28.6 Å². The van der Waals surface area contributed by atoms with E-state index in [1.165, 1.54) is 35.3 Å². The number of benzene rings is 1. The number of carbonyl (C=O) groups excluding carboxylic acids is 3. The molecule has 0 radical (unpaired) electrons. The summed E-state index contributed by atoms with van der Waals surface area (Å²) in [6.07, 6.45) is 5.56. The SMILES string of the molecule is C[C@H]1C(=O)N2[C@@H](CCC(=O)N3CCC4(CC4)[C@H](O)C3)CO[C@@H]2CN1C(=O)/C=C/c1ccc(F)c(Cl)c1. The Bertz CT molecular complexity index is 1090. The van der Waals surface area contributed by atoms with Crippen molar-refractivity contribution in [3.05, 3.63) is 40.7 Å². The number of ether oxygens (including phenoxy) is 1. The first-order valence-electron chi connectivity index (χ1n) is 12.5. The molecule has 194 valence electrons. The van der Waals surface area contributed by atoms with E-state index in [2.05, 4.69) is 0 Å². The number of carbonyl (C=O) groups is 3. The van der Waals surface area contributed by atoms with Crippen LogP contribution in [-0.4, -0.2) is 88.2 Å². The van der Waals surface area contributed by atoms with Crippen LogP contribution in [0.15, 0.2) is 24.3 Å². The molecule has 1 aromatic carbocycles. The highest BCUT2D eigenvalue weighted by atomic mass is 35.5. The number of nitrogens with zero attached hydrogens (tertiary/aromatic N) is 3. The Labute approximate surface area is 214 Å². The molecule has 0 unspecified atom stereocenters. The van der Waals surface area contributed by atoms with Crippen LogP contribution in [0.25, 0.3) is 6.08 Å². The number of halogens is 2. The number of amides is 3. The smallest absolute Gasteiger partial charge is 0.247 e. The lowest BCUT2D eigenvalue weighted by Crippen LogP contribution is -2.61. The number of piperazine rings is 1. The second-order valence-corrected chi connectivity index (χ2v) is 10.8. The fraction of sp³-hybridized carbons (Fsp3) is 0.577. The van der Waals surface area contributed by atoms with Gasteiger partial charge in [-0.15, -0.1) is 0 Å². The highest BCUT2D eigenvalue weighted by Crippen LogP contribution is 2.53. The van der Waals surface area contributed by atoms with Crippen molar-refractivity contribution in [1.82, 2.24) is 14.7 Å². The van der Waals surface area contributed by atoms with Gasteiger partial charge in [0.2, 0.25) is 17.7 Å². The molecular formula is C26H31ClFN3O5. The maximum Gasteiger partial charge on any atom is 0.247 e. The van der Waals surface area contributed by atoms with E-state index in [1.807, 2.05) is 0 Å². The van der Waals surface area contributed by atoms with Crippen LogP contribution in [-0.2, 0) is 19.1 Å². The topological polar surface area (TPSA) is 90.4 Å². The molecule has 1 N–H and O–H groups in total. The van der Waals surface area contributed by atoms with E-state index in [0.29, 0.717) is 31.7 Å². The summed E-state index contributed by atoms with van der Waals surface area (Å²) in [7, 11) is 0. The number of fused-ring (bicyclic) bond motifs is 1. The molecule has 1 saturated carbocycles. The van der Waals surface area contributed by atoms with Crippen LogP contribution in [0.5, 0.6) is 0 Å². The van der Waals surface area contributed by atoms with Gasteiger partial charge in [0.25, 0.3) is 0 Å². The molecule has 4 atom stereocenters. The third-order valence-electron chi connectivity index (χ3n) is 8.18. The maximum absolute atomic E-state index is 13.4. The summed E-state index contributed by atoms with van der Waals surface area (Å²) in [5, 5.41) is 10.4. The summed E-state index contributed by atoms with van der Waals surface area (Å²) in [4.78, 5) is 43.7. The average molecular weight is 520 g/mol. The van der Waals surface area contributed by atoms with E-state index in [-0.39, 0.29) is 47.2 Å². The molecule has 4 aliphatic rings. The Morgan fingerprint density at radius 1 is 1.28 bits per heavy atom. The quantitative estimate of drug-likeness (QED) is 0.603. The summed E-state index contributed by atoms with van der Waals surface area (Å²) in [6, 6.07) is 3.26. The number of rotatable bonds is 5. The minimum atomic E-state index is -0.679. The number of likely N-dealkylation sites (tertiary alicyclic amines) is 1. The van der Waals surface area contributed by atoms with Crippen molar-refractivity contribution in [3.63, 3.8) is 0 Å². The monoisotopic (exact) mass is 519 g/mol. The molecule has 0 bridgehead atoms. The lowest BCUT2D eigenvalue weighted by atomic mass is 9.90. The molecule has 36 heavy (non-hydrogen) atoms. The fourth-order valence-corrected chi connectivity index (χ4v) is 5.76. The number of aliphatic hydroxyl groups is 1. The first-order valence-corrected chi connectivity index (χ1v) is 12.9. The van der Waals surface area contributed by atoms with Gasteiger partial charge < -0.3 is 24.5 Å². The molecule has 3 amide bonds. The van der Waals surface area contributed by atoms with Gasteiger partial charge in [0.1, 0.15) is 11.9 Å². The zero-order valence-corrected chi connectivity index (χ0v) is 21.0. The van der Waals surface area contributed by atoms with Crippen LogP contribution in [0.4, 0.5) is 4.39 Å². The van der Waals surface area contributed by atoms with Crippen molar-refractivity contribution >= 4 is 35.4 Å². The van der Waals surface area contributed by atoms with E-state index >= 15 is 0 Å². The Morgan fingerprint density at radius 3 is 2.75 bits per heavy atom. The van der Waals surface area contributed by atoms with E-state index in [0.717, 1.165) is 19.3 Å². The zero-order valence-electron chi connectivity index (χ0n) is 20.2. The average Bonchev–Trinajstić information content (AvgIpc) is 3.53. The molecule has 0 aromatic heterocycles. The summed E-state index contributed by atoms with van der Waals surface area (Å²) < 4.78 is 19.2. The third-order valence-corrected chi connectivity index (χ3v) is 8.47. The van der Waals surface area contributed by atoms with Gasteiger partial charge in [0.05, 0.1) is 30.3 Å². The molecule has 1 aliphatic carbocycles. The van der Waals surface area contributed by atoms with Crippen molar-refractivity contribution in [2.45, 2.75) is 63.4 Å². The molecule has 4 fully saturated rings. The number of piperidine rings is 1. The molecule has 8 nitrogen and oxygen atoms in total. The predicted molar refractivity (Wildman–Crippen MR) is 130 cm³/mol. The molecule has 5 rings (SSSR count). The number of hydrogen-bond acceptors (Lipinski definition) is 5. The molecule has 3 saturated heterocycles. The molecular weight excluding hydrogens is 489 g/mol. The van der Waals surface area contributed by atoms with Gasteiger partial charge in [0.15, 0.2) is 6.23 Å². The predicted octanol–water partition coefficient (Wildman–Crippen LogP) is 2.43. The van der Waals surface area contributed by atoms with Gasteiger partial charge in [-0.25, -0.2) is 4.39 Å². The summed E-state index contributed by atoms with van der Waals surface area (Å²) in [5.74, 6) is -1.11. The van der Waals surface area contributed by atoms with Gasteiger partial charge in [-0.2, -0.15) is 0 Å². The minimum Gasteiger partial charge on any atom is -0.391 e. The molecule has 1 spiro atoms. The van der Waals surface area contributed by atoms with Crippen molar-refractivity contribution in [1.29, 1.82) is 0 Å². The van der Waals surface area contributed by atoms with Crippen LogP contribution in [0.2, 0.25) is 5.02 Å². The number of hydrogen-bond donors (Lipinski definition) is 1. The van der Waals surface area contributed by atoms with E-state index in [9.17, 15) is 23.9 Å². The Hall–Kier alpha value is -2.49. The molecule has 3 aliphatic heterocycles. The minimum absolute atomic E-state index is 0.00616. The van der Waals surface area contributed by atoms with Crippen LogP contribution in [0, 0.1) is 11.2 Å². The summed E-state index contributed by atoms with van der Waals surface area (Å²) in [6.45, 7) is 3.28. The van der Waals surface area contributed by atoms with Gasteiger partial charge in [-0.05, 0) is 61.8 Å². The Morgan fingerprint density at radius 2 is 2.06 bits per heavy atom. The van der Waals surface area contributed by atoms with E-state index in [4.69, 9.17) is 16.3 Å². The lowest BCUT2D eigenvalue weighted by molar-refractivity contribution is -0.160. The van der Waals surface area contributed by atoms with Gasteiger partial charge in [-0.3, -0.25) is 14.4 Å². The molecule has 10 heteroatoms. The first-order chi connectivity index (χ1) is 17.2. The van der Waals surface area contributed by atoms with Crippen LogP contribution in [0.1, 0.15) is 44.6 Å². The summed E-state index contributed by atoms with van der Waals surface area (Å²) >= 11 is 5.80. The Kier molecular flexibility index (Phi) is 6.82. The number of aliphatic hydroxyl groups excluding tert-OH is 1. The van der Waals surface area contributed by atoms with E-state index in [1.54, 1.807) is 16.7 Å². The van der Waals surface area contributed by atoms with Gasteiger partial charge in [0, 0.05) is 25.6 Å². The molecule has 1 aromatic rings. The van der Waals surface area contributed by atoms with Crippen LogP contribution >= 0.6 is 11.6 Å². The van der Waals surface area contributed by atoms with Crippen LogP contribution in [0.3, 0.4) is 0 Å². The Balaban J connectivity index is 1.16. The highest BCUT2D eigenvalue weighted by Gasteiger charge is 2.52. The van der Waals surface area contributed by atoms with Gasteiger partial charge in [-0.1, -0.05) is 17.7 Å². The van der Waals surface area contributed by atoms with E-state index < -0.39 is 24.2 Å². The normalized spacial score (nSPS) is 29.2. The fourth-order valence-electron chi connectivity index (χ4n) is 5.57. The largest absolute Gasteiger partial charge is 0.391 e. The van der Waals surface area contributed by atoms with Gasteiger partial charge >= 0.3 is 0 Å². The third kappa shape index (κ3) is 4.76.